The second-order valence-electron chi connectivity index (χ2n) is 4.80. The van der Waals surface area contributed by atoms with E-state index in [4.69, 9.17) is 0 Å². The summed E-state index contributed by atoms with van der Waals surface area (Å²) in [6.07, 6.45) is -7.81. The van der Waals surface area contributed by atoms with Crippen molar-refractivity contribution in [1.82, 2.24) is 0 Å². The van der Waals surface area contributed by atoms with Crippen LogP contribution in [0.5, 0.6) is 0 Å². The normalized spacial score (nSPS) is 17.0. The monoisotopic (exact) mass is 488 g/mol. The van der Waals surface area contributed by atoms with Crippen molar-refractivity contribution in [2.45, 2.75) is 47.2 Å². The third-order valence-corrected chi connectivity index (χ3v) is 3.69. The SMILES string of the molecule is O=S(=O)([O-])C(F)C(F)(F)C(F)(F)C(F)(F)C(F)(F)C(F)(F)C(F)(F)C(F)(F)F.[Li+]. The molecule has 0 spiro atoms. The number of halogens is 16. The van der Waals surface area contributed by atoms with Crippen molar-refractivity contribution in [2.24, 2.45) is 0 Å². The molecule has 29 heavy (non-hydrogen) atoms. The Morgan fingerprint density at radius 1 is 0.552 bits per heavy atom. The van der Waals surface area contributed by atoms with E-state index in [1.165, 1.54) is 0 Å². The molecular weight excluding hydrogens is 487 g/mol. The molecule has 0 N–H and O–H groups in total. The standard InChI is InChI=1S/C8H2F16O3S.Li/c9-1(28(25,26)27)2(10,11)3(12,13)4(14,15)5(16,17)6(18,19)7(20,21)8(22,23)24;/h1H,(H,25,26,27);/q;+1/p-1. The van der Waals surface area contributed by atoms with Crippen LogP contribution in [-0.2, 0) is 10.1 Å². The van der Waals surface area contributed by atoms with E-state index >= 15 is 0 Å². The van der Waals surface area contributed by atoms with Crippen molar-refractivity contribution >= 4 is 10.1 Å². The van der Waals surface area contributed by atoms with Crippen LogP contribution in [0.25, 0.3) is 0 Å². The fourth-order valence-electron chi connectivity index (χ4n) is 1.30. The zero-order valence-corrected chi connectivity index (χ0v) is 13.6. The second kappa shape index (κ2) is 7.51. The average molecular weight is 488 g/mol. The van der Waals surface area contributed by atoms with Gasteiger partial charge in [0.1, 0.15) is 10.1 Å². The van der Waals surface area contributed by atoms with E-state index in [1.807, 2.05) is 0 Å². The maximum atomic E-state index is 13.0. The molecule has 21 heteroatoms. The fourth-order valence-corrected chi connectivity index (χ4v) is 1.81. The van der Waals surface area contributed by atoms with E-state index in [2.05, 4.69) is 0 Å². The average Bonchev–Trinajstić information content (AvgIpc) is 2.42. The minimum absolute atomic E-state index is 0. The van der Waals surface area contributed by atoms with Crippen LogP contribution in [0.2, 0.25) is 0 Å². The number of rotatable bonds is 7. The first kappa shape index (κ1) is 30.6. The molecule has 0 aromatic heterocycles. The van der Waals surface area contributed by atoms with Gasteiger partial charge in [-0.25, -0.2) is 12.8 Å². The predicted molar refractivity (Wildman–Crippen MR) is 50.3 cm³/mol. The smallest absolute Gasteiger partial charge is 0.746 e. The van der Waals surface area contributed by atoms with E-state index in [0.717, 1.165) is 0 Å². The van der Waals surface area contributed by atoms with Gasteiger partial charge in [0, 0.05) is 0 Å². The molecule has 0 saturated carbocycles. The molecule has 0 aliphatic carbocycles. The van der Waals surface area contributed by atoms with Gasteiger partial charge in [0.05, 0.1) is 0 Å². The Morgan fingerprint density at radius 2 is 0.793 bits per heavy atom. The Kier molecular flexibility index (Phi) is 7.92. The molecule has 0 saturated heterocycles. The first-order valence-electron chi connectivity index (χ1n) is 5.58. The largest absolute Gasteiger partial charge is 1.00 e. The predicted octanol–water partition coefficient (Wildman–Crippen LogP) is 1.21. The van der Waals surface area contributed by atoms with E-state index in [0.29, 0.717) is 0 Å². The molecule has 0 fully saturated rings. The summed E-state index contributed by atoms with van der Waals surface area (Å²) < 4.78 is 232. The summed E-state index contributed by atoms with van der Waals surface area (Å²) in [5.74, 6) is -50.3. The first-order valence-corrected chi connectivity index (χ1v) is 7.05. The molecule has 0 aromatic rings. The zero-order valence-electron chi connectivity index (χ0n) is 12.8. The topological polar surface area (TPSA) is 57.2 Å². The van der Waals surface area contributed by atoms with Crippen molar-refractivity contribution in [2.75, 3.05) is 0 Å². The van der Waals surface area contributed by atoms with Crippen LogP contribution >= 0.6 is 0 Å². The van der Waals surface area contributed by atoms with Crippen molar-refractivity contribution in [3.05, 3.63) is 0 Å². The molecular formula is C8HF16LiO3S. The second-order valence-corrected chi connectivity index (χ2v) is 6.20. The van der Waals surface area contributed by atoms with Gasteiger partial charge < -0.3 is 4.55 Å². The number of alkyl halides is 16. The molecule has 0 rings (SSSR count). The third kappa shape index (κ3) is 4.13. The molecule has 0 aliphatic rings. The molecule has 0 heterocycles. The Labute approximate surface area is 160 Å². The van der Waals surface area contributed by atoms with Gasteiger partial charge in [0.25, 0.3) is 5.50 Å². The Hall–Kier alpha value is -0.613. The van der Waals surface area contributed by atoms with Crippen LogP contribution in [0.15, 0.2) is 0 Å². The van der Waals surface area contributed by atoms with Gasteiger partial charge in [0.15, 0.2) is 0 Å². The summed E-state index contributed by atoms with van der Waals surface area (Å²) in [5, 5.41) is 0. The van der Waals surface area contributed by atoms with E-state index in [-0.39, 0.29) is 18.9 Å². The summed E-state index contributed by atoms with van der Waals surface area (Å²) >= 11 is 0. The van der Waals surface area contributed by atoms with Crippen LogP contribution in [0, 0.1) is 0 Å². The van der Waals surface area contributed by atoms with Gasteiger partial charge >= 0.3 is 60.6 Å². The van der Waals surface area contributed by atoms with Crippen molar-refractivity contribution in [3.8, 4) is 0 Å². The van der Waals surface area contributed by atoms with Crippen LogP contribution < -0.4 is 18.9 Å². The molecule has 0 radical (unpaired) electrons. The van der Waals surface area contributed by atoms with E-state index in [9.17, 15) is 83.2 Å². The van der Waals surface area contributed by atoms with Crippen molar-refractivity contribution in [1.29, 1.82) is 0 Å². The van der Waals surface area contributed by atoms with Gasteiger partial charge in [-0.05, 0) is 0 Å². The Balaban J connectivity index is 0. The quantitative estimate of drug-likeness (QED) is 0.308. The van der Waals surface area contributed by atoms with Gasteiger partial charge in [-0.1, -0.05) is 0 Å². The Morgan fingerprint density at radius 3 is 1.03 bits per heavy atom. The zero-order chi connectivity index (χ0) is 23.6. The summed E-state index contributed by atoms with van der Waals surface area (Å²) in [6.45, 7) is 0. The molecule has 3 nitrogen and oxygen atoms in total. The Bertz CT molecular complexity index is 697. The molecule has 0 amide bonds. The first-order chi connectivity index (χ1) is 11.7. The molecule has 170 valence electrons. The van der Waals surface area contributed by atoms with Crippen LogP contribution in [0.4, 0.5) is 70.2 Å². The van der Waals surface area contributed by atoms with E-state index < -0.39 is 57.3 Å². The van der Waals surface area contributed by atoms with Gasteiger partial charge in [-0.2, -0.15) is 65.9 Å². The minimum Gasteiger partial charge on any atom is -0.746 e. The minimum atomic E-state index is -8.70. The number of hydrogen-bond acceptors (Lipinski definition) is 3. The molecule has 0 bridgehead atoms. The summed E-state index contributed by atoms with van der Waals surface area (Å²) in [4.78, 5) is 0. The van der Waals surface area contributed by atoms with Crippen LogP contribution in [0.1, 0.15) is 0 Å². The maximum absolute atomic E-state index is 13.0. The molecule has 0 aromatic carbocycles. The molecule has 1 unspecified atom stereocenters. The summed E-state index contributed by atoms with van der Waals surface area (Å²) in [6, 6.07) is 0. The molecule has 0 aliphatic heterocycles. The summed E-state index contributed by atoms with van der Waals surface area (Å²) in [5.41, 5.74) is -6.02. The maximum Gasteiger partial charge on any atom is 1.00 e. The van der Waals surface area contributed by atoms with Gasteiger partial charge in [-0.3, -0.25) is 0 Å². The van der Waals surface area contributed by atoms with Crippen LogP contribution in [0.3, 0.4) is 0 Å². The van der Waals surface area contributed by atoms with Crippen molar-refractivity contribution in [3.63, 3.8) is 0 Å². The van der Waals surface area contributed by atoms with Crippen LogP contribution in [-0.4, -0.2) is 60.2 Å². The van der Waals surface area contributed by atoms with Gasteiger partial charge in [-0.15, -0.1) is 0 Å². The van der Waals surface area contributed by atoms with E-state index in [1.54, 1.807) is 0 Å². The third-order valence-electron chi connectivity index (χ3n) is 2.89. The fraction of sp³-hybridized carbons (Fsp3) is 1.00. The number of hydrogen-bond donors (Lipinski definition) is 0. The summed E-state index contributed by atoms with van der Waals surface area (Å²) in [7, 11) is -7.38. The molecule has 1 atom stereocenters. The van der Waals surface area contributed by atoms with Gasteiger partial charge in [0.2, 0.25) is 0 Å². The van der Waals surface area contributed by atoms with Crippen molar-refractivity contribution < 1.29 is 102 Å².